The molecule has 0 bridgehead atoms. The Kier molecular flexibility index (Phi) is 4.22. The van der Waals surface area contributed by atoms with Crippen molar-refractivity contribution in [1.29, 1.82) is 0 Å². The number of pyridine rings is 1. The third-order valence-corrected chi connectivity index (χ3v) is 3.62. The predicted molar refractivity (Wildman–Crippen MR) is 74.7 cm³/mol. The number of carbonyl (C=O) groups is 2. The summed E-state index contributed by atoms with van der Waals surface area (Å²) >= 11 is 0. The number of rotatable bonds is 4. The maximum Gasteiger partial charge on any atom is 0.335 e. The van der Waals surface area contributed by atoms with Gasteiger partial charge >= 0.3 is 5.97 Å². The first-order chi connectivity index (χ1) is 9.51. The van der Waals surface area contributed by atoms with Crippen LogP contribution >= 0.6 is 0 Å². The fourth-order valence-electron chi connectivity index (χ4n) is 2.46. The Hall–Kier alpha value is -2.11. The van der Waals surface area contributed by atoms with Gasteiger partial charge in [0.15, 0.2) is 0 Å². The summed E-state index contributed by atoms with van der Waals surface area (Å²) in [5.74, 6) is -0.844. The van der Waals surface area contributed by atoms with Crippen LogP contribution in [0.5, 0.6) is 0 Å². The highest BCUT2D eigenvalue weighted by Gasteiger charge is 2.25. The van der Waals surface area contributed by atoms with Crippen LogP contribution in [0.3, 0.4) is 0 Å². The van der Waals surface area contributed by atoms with Crippen molar-refractivity contribution < 1.29 is 14.7 Å². The van der Waals surface area contributed by atoms with Gasteiger partial charge in [0.05, 0.1) is 11.5 Å². The molecule has 6 nitrogen and oxygen atoms in total. The number of aromatic nitrogens is 1. The Balaban J connectivity index is 2.29. The minimum absolute atomic E-state index is 0.191. The van der Waals surface area contributed by atoms with Gasteiger partial charge in [0.2, 0.25) is 5.91 Å². The lowest BCUT2D eigenvalue weighted by atomic mass is 9.97. The molecule has 108 valence electrons. The average Bonchev–Trinajstić information content (AvgIpc) is 2.46. The number of carboxylic acid groups (broad SMARTS) is 1. The Morgan fingerprint density at radius 3 is 2.85 bits per heavy atom. The van der Waals surface area contributed by atoms with Crippen LogP contribution in [0.25, 0.3) is 0 Å². The first-order valence-corrected chi connectivity index (χ1v) is 6.79. The highest BCUT2D eigenvalue weighted by atomic mass is 16.4. The number of hydrogen-bond donors (Lipinski definition) is 2. The zero-order chi connectivity index (χ0) is 14.7. The summed E-state index contributed by atoms with van der Waals surface area (Å²) in [6, 6.07) is 3.15. The van der Waals surface area contributed by atoms with Gasteiger partial charge in [-0.1, -0.05) is 6.92 Å². The van der Waals surface area contributed by atoms with E-state index in [1.54, 1.807) is 12.1 Å². The third kappa shape index (κ3) is 3.07. The van der Waals surface area contributed by atoms with Gasteiger partial charge in [-0.15, -0.1) is 0 Å². The molecular weight excluding hydrogens is 258 g/mol. The van der Waals surface area contributed by atoms with Gasteiger partial charge < -0.3 is 15.7 Å². The van der Waals surface area contributed by atoms with Crippen LogP contribution in [0.2, 0.25) is 0 Å². The predicted octanol–water partition coefficient (Wildman–Crippen LogP) is 1.04. The highest BCUT2D eigenvalue weighted by molar-refractivity contribution is 5.88. The molecule has 3 N–H and O–H groups in total. The SMILES string of the molecule is CCc1cc(C(=O)O)cc(N2CCCC(C(N)=O)C2)n1. The van der Waals surface area contributed by atoms with Crippen molar-refractivity contribution >= 4 is 17.7 Å². The Labute approximate surface area is 117 Å². The standard InChI is InChI=1S/C14H19N3O3/c1-2-11-6-10(14(19)20)7-12(16-11)17-5-3-4-9(8-17)13(15)18/h6-7,9H,2-5,8H2,1H3,(H2,15,18)(H,19,20). The topological polar surface area (TPSA) is 96.5 Å². The van der Waals surface area contributed by atoms with Crippen LogP contribution in [0, 0.1) is 5.92 Å². The molecule has 0 spiro atoms. The molecule has 1 saturated heterocycles. The monoisotopic (exact) mass is 277 g/mol. The van der Waals surface area contributed by atoms with Crippen LogP contribution < -0.4 is 10.6 Å². The van der Waals surface area contributed by atoms with E-state index < -0.39 is 5.97 Å². The van der Waals surface area contributed by atoms with E-state index in [1.165, 1.54) is 0 Å². The number of piperidine rings is 1. The van der Waals surface area contributed by atoms with E-state index in [0.717, 1.165) is 25.1 Å². The minimum Gasteiger partial charge on any atom is -0.478 e. The second kappa shape index (κ2) is 5.90. The lowest BCUT2D eigenvalue weighted by Crippen LogP contribution is -2.41. The molecule has 2 heterocycles. The summed E-state index contributed by atoms with van der Waals surface area (Å²) < 4.78 is 0. The maximum atomic E-state index is 11.3. The first kappa shape index (κ1) is 14.3. The fourth-order valence-corrected chi connectivity index (χ4v) is 2.46. The van der Waals surface area contributed by atoms with Gasteiger partial charge in [-0.25, -0.2) is 9.78 Å². The molecule has 0 saturated carbocycles. The molecule has 20 heavy (non-hydrogen) atoms. The van der Waals surface area contributed by atoms with E-state index in [0.29, 0.717) is 18.8 Å². The Morgan fingerprint density at radius 2 is 2.25 bits per heavy atom. The van der Waals surface area contributed by atoms with E-state index in [2.05, 4.69) is 4.98 Å². The van der Waals surface area contributed by atoms with Crippen LogP contribution in [0.15, 0.2) is 12.1 Å². The molecule has 1 aliphatic rings. The maximum absolute atomic E-state index is 11.3. The molecule has 2 rings (SSSR count). The lowest BCUT2D eigenvalue weighted by Gasteiger charge is -2.32. The van der Waals surface area contributed by atoms with Gasteiger partial charge in [-0.05, 0) is 31.4 Å². The molecule has 0 aliphatic carbocycles. The van der Waals surface area contributed by atoms with Crippen LogP contribution in [0.4, 0.5) is 5.82 Å². The smallest absolute Gasteiger partial charge is 0.335 e. The Morgan fingerprint density at radius 1 is 1.50 bits per heavy atom. The molecule has 1 fully saturated rings. The zero-order valence-electron chi connectivity index (χ0n) is 11.5. The Bertz CT molecular complexity index is 530. The normalized spacial score (nSPS) is 18.9. The van der Waals surface area contributed by atoms with Gasteiger partial charge in [-0.2, -0.15) is 0 Å². The van der Waals surface area contributed by atoms with Crippen molar-refractivity contribution in [3.63, 3.8) is 0 Å². The summed E-state index contributed by atoms with van der Waals surface area (Å²) in [5, 5.41) is 9.15. The fraction of sp³-hybridized carbons (Fsp3) is 0.500. The van der Waals surface area contributed by atoms with Crippen LogP contribution in [0.1, 0.15) is 35.8 Å². The zero-order valence-corrected chi connectivity index (χ0v) is 11.5. The molecule has 0 radical (unpaired) electrons. The van der Waals surface area contributed by atoms with Crippen molar-refractivity contribution in [1.82, 2.24) is 4.98 Å². The van der Waals surface area contributed by atoms with Crippen molar-refractivity contribution in [2.24, 2.45) is 11.7 Å². The second-order valence-corrected chi connectivity index (χ2v) is 5.05. The van der Waals surface area contributed by atoms with E-state index in [-0.39, 0.29) is 17.4 Å². The molecule has 1 aliphatic heterocycles. The van der Waals surface area contributed by atoms with Crippen LogP contribution in [-0.4, -0.2) is 35.1 Å². The number of amides is 1. The third-order valence-electron chi connectivity index (χ3n) is 3.62. The quantitative estimate of drug-likeness (QED) is 0.857. The van der Waals surface area contributed by atoms with E-state index in [1.807, 2.05) is 11.8 Å². The second-order valence-electron chi connectivity index (χ2n) is 5.05. The molecule has 1 aromatic heterocycles. The van der Waals surface area contributed by atoms with E-state index >= 15 is 0 Å². The number of carbonyl (C=O) groups excluding carboxylic acids is 1. The van der Waals surface area contributed by atoms with E-state index in [4.69, 9.17) is 10.8 Å². The number of aryl methyl sites for hydroxylation is 1. The molecule has 1 aromatic rings. The highest BCUT2D eigenvalue weighted by Crippen LogP contribution is 2.23. The number of nitrogens with two attached hydrogens (primary N) is 1. The average molecular weight is 277 g/mol. The summed E-state index contributed by atoms with van der Waals surface area (Å²) in [7, 11) is 0. The summed E-state index contributed by atoms with van der Waals surface area (Å²) in [5.41, 5.74) is 6.33. The minimum atomic E-state index is -0.966. The number of anilines is 1. The van der Waals surface area contributed by atoms with Crippen molar-refractivity contribution in [3.8, 4) is 0 Å². The number of carboxylic acids is 1. The largest absolute Gasteiger partial charge is 0.478 e. The lowest BCUT2D eigenvalue weighted by molar-refractivity contribution is -0.122. The molecule has 1 atom stereocenters. The van der Waals surface area contributed by atoms with Gasteiger partial charge in [-0.3, -0.25) is 4.79 Å². The summed E-state index contributed by atoms with van der Waals surface area (Å²) in [4.78, 5) is 28.9. The molecule has 1 amide bonds. The number of primary amides is 1. The van der Waals surface area contributed by atoms with Gasteiger partial charge in [0.1, 0.15) is 5.82 Å². The number of aromatic carboxylic acids is 1. The first-order valence-electron chi connectivity index (χ1n) is 6.79. The molecular formula is C14H19N3O3. The molecule has 6 heteroatoms. The molecule has 0 aromatic carbocycles. The van der Waals surface area contributed by atoms with Crippen molar-refractivity contribution in [3.05, 3.63) is 23.4 Å². The van der Waals surface area contributed by atoms with Crippen molar-refractivity contribution in [2.45, 2.75) is 26.2 Å². The van der Waals surface area contributed by atoms with Crippen LogP contribution in [-0.2, 0) is 11.2 Å². The molecule has 1 unspecified atom stereocenters. The summed E-state index contributed by atoms with van der Waals surface area (Å²) in [6.07, 6.45) is 2.31. The van der Waals surface area contributed by atoms with Gasteiger partial charge in [0, 0.05) is 18.8 Å². The summed E-state index contributed by atoms with van der Waals surface area (Å²) in [6.45, 7) is 3.21. The number of nitrogens with zero attached hydrogens (tertiary/aromatic N) is 2. The van der Waals surface area contributed by atoms with E-state index in [9.17, 15) is 9.59 Å². The van der Waals surface area contributed by atoms with Gasteiger partial charge in [0.25, 0.3) is 0 Å². The number of hydrogen-bond acceptors (Lipinski definition) is 4. The van der Waals surface area contributed by atoms with Crippen molar-refractivity contribution in [2.75, 3.05) is 18.0 Å².